The van der Waals surface area contributed by atoms with Crippen LogP contribution >= 0.6 is 0 Å². The number of aromatic hydroxyl groups is 1. The standard InChI is InChI=1S/C23H25N5O3/c1-25-14-26(2)22(31)18-19(25)24-23-27(13-15-9-5-3-6-10-15)20(29)17(21(30)28(18)23)16-11-7-4-8-12-16/h3-7,9-10,16,30H,8,11-14H2,1-2H3. The molecular formula is C23H25N5O3. The fourth-order valence-electron chi connectivity index (χ4n) is 4.64. The number of nitrogens with zero attached hydrogens (tertiary/aromatic N) is 5. The SMILES string of the molecule is CN1CN(C)c2nc3n(Cc4ccccc4)c(=O)c(C4CC=CCC4)c(O)n3c2C1=O. The summed E-state index contributed by atoms with van der Waals surface area (Å²) in [7, 11) is 3.56. The van der Waals surface area contributed by atoms with Gasteiger partial charge in [0.25, 0.3) is 11.5 Å². The Labute approximate surface area is 179 Å². The molecule has 8 heteroatoms. The quantitative estimate of drug-likeness (QED) is 0.660. The fourth-order valence-corrected chi connectivity index (χ4v) is 4.64. The molecule has 31 heavy (non-hydrogen) atoms. The third-order valence-electron chi connectivity index (χ3n) is 6.21. The molecule has 8 nitrogen and oxygen atoms in total. The molecule has 5 rings (SSSR count). The second-order valence-corrected chi connectivity index (χ2v) is 8.36. The summed E-state index contributed by atoms with van der Waals surface area (Å²) in [4.78, 5) is 34.8. The normalized spacial score (nSPS) is 18.6. The van der Waals surface area contributed by atoms with E-state index < -0.39 is 0 Å². The first kappa shape index (κ1) is 19.4. The van der Waals surface area contributed by atoms with Gasteiger partial charge < -0.3 is 14.9 Å². The van der Waals surface area contributed by atoms with E-state index in [9.17, 15) is 14.7 Å². The van der Waals surface area contributed by atoms with Crippen molar-refractivity contribution in [2.75, 3.05) is 25.7 Å². The molecular weight excluding hydrogens is 394 g/mol. The van der Waals surface area contributed by atoms with E-state index in [4.69, 9.17) is 0 Å². The van der Waals surface area contributed by atoms with E-state index in [0.29, 0.717) is 31.0 Å². The number of hydrogen-bond acceptors (Lipinski definition) is 5. The molecule has 1 aliphatic carbocycles. The van der Waals surface area contributed by atoms with Crippen molar-refractivity contribution in [3.63, 3.8) is 0 Å². The summed E-state index contributed by atoms with van der Waals surface area (Å²) in [6.45, 7) is 0.697. The van der Waals surface area contributed by atoms with Gasteiger partial charge in [-0.1, -0.05) is 42.5 Å². The Hall–Kier alpha value is -3.55. The summed E-state index contributed by atoms with van der Waals surface area (Å²) in [5, 5.41) is 11.3. The number of allylic oxidation sites excluding steroid dienone is 2. The Balaban J connectivity index is 1.83. The average molecular weight is 419 g/mol. The van der Waals surface area contributed by atoms with Crippen molar-refractivity contribution in [2.45, 2.75) is 31.7 Å². The lowest BCUT2D eigenvalue weighted by Gasteiger charge is -2.30. The number of aromatic nitrogens is 3. The minimum Gasteiger partial charge on any atom is -0.494 e. The second kappa shape index (κ2) is 7.30. The van der Waals surface area contributed by atoms with Gasteiger partial charge in [0.2, 0.25) is 11.7 Å². The van der Waals surface area contributed by atoms with Crippen molar-refractivity contribution in [1.82, 2.24) is 18.9 Å². The van der Waals surface area contributed by atoms with Crippen LogP contribution in [0.3, 0.4) is 0 Å². The predicted octanol–water partition coefficient (Wildman–Crippen LogP) is 2.55. The van der Waals surface area contributed by atoms with E-state index >= 15 is 0 Å². The molecule has 0 bridgehead atoms. The van der Waals surface area contributed by atoms with Crippen LogP contribution in [0.2, 0.25) is 0 Å². The maximum atomic E-state index is 13.7. The molecule has 0 spiro atoms. The minimum atomic E-state index is -0.250. The predicted molar refractivity (Wildman–Crippen MR) is 118 cm³/mol. The Bertz CT molecular complexity index is 1260. The largest absolute Gasteiger partial charge is 0.494 e. The van der Waals surface area contributed by atoms with E-state index in [1.165, 1.54) is 4.40 Å². The fraction of sp³-hybridized carbons (Fsp3) is 0.348. The molecule has 0 saturated heterocycles. The van der Waals surface area contributed by atoms with Gasteiger partial charge in [-0.15, -0.1) is 0 Å². The molecule has 0 saturated carbocycles. The third-order valence-corrected chi connectivity index (χ3v) is 6.21. The van der Waals surface area contributed by atoms with Crippen molar-refractivity contribution < 1.29 is 9.90 Å². The van der Waals surface area contributed by atoms with Gasteiger partial charge in [0.05, 0.1) is 18.8 Å². The summed E-state index contributed by atoms with van der Waals surface area (Å²) in [5.74, 6) is 0.254. The molecule has 2 aliphatic rings. The first-order valence-electron chi connectivity index (χ1n) is 10.5. The zero-order valence-corrected chi connectivity index (χ0v) is 17.7. The lowest BCUT2D eigenvalue weighted by atomic mass is 9.89. The van der Waals surface area contributed by atoms with Gasteiger partial charge >= 0.3 is 0 Å². The molecule has 1 unspecified atom stereocenters. The summed E-state index contributed by atoms with van der Waals surface area (Å²) in [6.07, 6.45) is 6.47. The first-order chi connectivity index (χ1) is 15.0. The number of carbonyl (C=O) groups is 1. The van der Waals surface area contributed by atoms with E-state index in [-0.39, 0.29) is 34.7 Å². The van der Waals surface area contributed by atoms with Crippen molar-refractivity contribution in [3.8, 4) is 5.88 Å². The lowest BCUT2D eigenvalue weighted by Crippen LogP contribution is -2.43. The third kappa shape index (κ3) is 3.01. The van der Waals surface area contributed by atoms with Crippen LogP contribution in [0, 0.1) is 0 Å². The van der Waals surface area contributed by atoms with Crippen molar-refractivity contribution in [2.24, 2.45) is 0 Å². The van der Waals surface area contributed by atoms with Crippen LogP contribution in [0.4, 0.5) is 5.82 Å². The number of carbonyl (C=O) groups excluding carboxylic acids is 1. The summed E-state index contributed by atoms with van der Waals surface area (Å²) in [6, 6.07) is 9.68. The molecule has 0 radical (unpaired) electrons. The molecule has 1 aromatic carbocycles. The van der Waals surface area contributed by atoms with Gasteiger partial charge in [0, 0.05) is 14.1 Å². The highest BCUT2D eigenvalue weighted by atomic mass is 16.3. The highest BCUT2D eigenvalue weighted by Crippen LogP contribution is 2.36. The average Bonchev–Trinajstić information content (AvgIpc) is 3.18. The second-order valence-electron chi connectivity index (χ2n) is 8.36. The Kier molecular flexibility index (Phi) is 4.57. The first-order valence-corrected chi connectivity index (χ1v) is 10.5. The van der Waals surface area contributed by atoms with Crippen molar-refractivity contribution in [3.05, 3.63) is 69.7 Å². The highest BCUT2D eigenvalue weighted by Gasteiger charge is 2.35. The van der Waals surface area contributed by atoms with Gasteiger partial charge in [-0.2, -0.15) is 4.98 Å². The number of hydrogen-bond donors (Lipinski definition) is 1. The number of amides is 1. The van der Waals surface area contributed by atoms with Gasteiger partial charge in [0.1, 0.15) is 0 Å². The number of anilines is 1. The molecule has 1 atom stereocenters. The molecule has 1 aliphatic heterocycles. The number of benzene rings is 1. The molecule has 2 aromatic heterocycles. The summed E-state index contributed by atoms with van der Waals surface area (Å²) >= 11 is 0. The van der Waals surface area contributed by atoms with Crippen molar-refractivity contribution in [1.29, 1.82) is 0 Å². The zero-order chi connectivity index (χ0) is 21.7. The monoisotopic (exact) mass is 419 g/mol. The molecule has 0 fully saturated rings. The van der Waals surface area contributed by atoms with Gasteiger partial charge in [-0.25, -0.2) is 4.40 Å². The van der Waals surface area contributed by atoms with Gasteiger partial charge in [-0.3, -0.25) is 14.2 Å². The van der Waals surface area contributed by atoms with Crippen LogP contribution in [0.1, 0.15) is 46.8 Å². The van der Waals surface area contributed by atoms with E-state index in [0.717, 1.165) is 18.4 Å². The molecule has 3 heterocycles. The van der Waals surface area contributed by atoms with E-state index in [1.807, 2.05) is 42.3 Å². The molecule has 160 valence electrons. The minimum absolute atomic E-state index is 0.101. The van der Waals surface area contributed by atoms with Crippen LogP contribution < -0.4 is 10.5 Å². The summed E-state index contributed by atoms with van der Waals surface area (Å²) in [5.41, 5.74) is 1.35. The van der Waals surface area contributed by atoms with Crippen LogP contribution in [-0.2, 0) is 6.54 Å². The number of imidazole rings is 1. The maximum absolute atomic E-state index is 13.7. The molecule has 1 amide bonds. The van der Waals surface area contributed by atoms with Crippen LogP contribution in [0.15, 0.2) is 47.3 Å². The topological polar surface area (TPSA) is 83.1 Å². The molecule has 3 aromatic rings. The maximum Gasteiger partial charge on any atom is 0.276 e. The zero-order valence-electron chi connectivity index (χ0n) is 17.7. The van der Waals surface area contributed by atoms with Gasteiger partial charge in [-0.05, 0) is 30.7 Å². The smallest absolute Gasteiger partial charge is 0.276 e. The lowest BCUT2D eigenvalue weighted by molar-refractivity contribution is 0.0776. The number of rotatable bonds is 3. The van der Waals surface area contributed by atoms with Crippen LogP contribution in [0.5, 0.6) is 5.88 Å². The Morgan fingerprint density at radius 1 is 1.10 bits per heavy atom. The van der Waals surface area contributed by atoms with Crippen LogP contribution in [-0.4, -0.2) is 50.6 Å². The number of fused-ring (bicyclic) bond motifs is 3. The molecule has 1 N–H and O–H groups in total. The van der Waals surface area contributed by atoms with Crippen molar-refractivity contribution >= 4 is 17.5 Å². The van der Waals surface area contributed by atoms with Crippen LogP contribution in [0.25, 0.3) is 5.78 Å². The van der Waals surface area contributed by atoms with Gasteiger partial charge in [0.15, 0.2) is 11.5 Å². The summed E-state index contributed by atoms with van der Waals surface area (Å²) < 4.78 is 3.06. The Morgan fingerprint density at radius 3 is 2.58 bits per heavy atom. The van der Waals surface area contributed by atoms with E-state index in [2.05, 4.69) is 17.1 Å². The highest BCUT2D eigenvalue weighted by molar-refractivity contribution is 6.00. The Morgan fingerprint density at radius 2 is 1.87 bits per heavy atom. The van der Waals surface area contributed by atoms with E-state index in [1.54, 1.807) is 16.5 Å².